The summed E-state index contributed by atoms with van der Waals surface area (Å²) >= 11 is 0. The van der Waals surface area contributed by atoms with E-state index in [1.807, 2.05) is 121 Å². The third kappa shape index (κ3) is 10.9. The van der Waals surface area contributed by atoms with Crippen LogP contribution in [-0.2, 0) is 19.6 Å². The van der Waals surface area contributed by atoms with Crippen LogP contribution in [0.25, 0.3) is 24.3 Å². The van der Waals surface area contributed by atoms with Gasteiger partial charge in [0.2, 0.25) is 0 Å². The molecule has 0 atom stereocenters. The monoisotopic (exact) mass is 680 g/mol. The highest BCUT2D eigenvalue weighted by Crippen LogP contribution is 2.25. The zero-order valence-electron chi connectivity index (χ0n) is 22.8. The largest absolute Gasteiger partial charge is 0.298 e. The van der Waals surface area contributed by atoms with Gasteiger partial charge >= 0.3 is 0 Å². The van der Waals surface area contributed by atoms with E-state index in [0.29, 0.717) is 0 Å². The molecule has 4 heterocycles. The number of benzene rings is 4. The Hall–Kier alpha value is -4.60. The minimum atomic E-state index is 0. The molecule has 0 N–H and O–H groups in total. The predicted octanol–water partition coefficient (Wildman–Crippen LogP) is 9.61. The fourth-order valence-corrected chi connectivity index (χ4v) is 3.50. The van der Waals surface area contributed by atoms with Crippen LogP contribution < -0.4 is 19.6 Å². The van der Waals surface area contributed by atoms with Crippen LogP contribution in [0.3, 0.4) is 0 Å². The van der Waals surface area contributed by atoms with Crippen molar-refractivity contribution < 1.29 is 39.1 Å². The second-order valence-electron chi connectivity index (χ2n) is 8.08. The van der Waals surface area contributed by atoms with Crippen molar-refractivity contribution in [1.29, 1.82) is 0 Å². The van der Waals surface area contributed by atoms with E-state index in [9.17, 15) is 0 Å². The average molecular weight is 682 g/mol. The zero-order valence-corrected chi connectivity index (χ0v) is 26.0. The first-order valence-electron chi connectivity index (χ1n) is 12.2. The molecule has 0 aromatic heterocycles. The van der Waals surface area contributed by atoms with E-state index >= 15 is 0 Å². The van der Waals surface area contributed by atoms with Crippen LogP contribution in [0.1, 0.15) is 22.3 Å². The van der Waals surface area contributed by atoms with Crippen LogP contribution in [0.2, 0.25) is 0 Å². The molecule has 8 rings (SSSR count). The minimum Gasteiger partial charge on any atom is -0.298 e. The predicted molar refractivity (Wildman–Crippen MR) is 178 cm³/mol. The summed E-state index contributed by atoms with van der Waals surface area (Å²) < 4.78 is 0. The molecule has 0 spiro atoms. The Morgan fingerprint density at radius 3 is 0.682 bits per heavy atom. The van der Waals surface area contributed by atoms with Crippen LogP contribution in [0, 0.1) is 0 Å². The third-order valence-electron chi connectivity index (χ3n) is 5.44. The summed E-state index contributed by atoms with van der Waals surface area (Å²) in [6, 6.07) is 30.7. The van der Waals surface area contributed by atoms with Gasteiger partial charge in [0.1, 0.15) is 25.0 Å². The Kier molecular flexibility index (Phi) is 17.3. The lowest BCUT2D eigenvalue weighted by Crippen LogP contribution is -1.96. The van der Waals surface area contributed by atoms with E-state index in [4.69, 9.17) is 19.6 Å². The lowest BCUT2D eigenvalue weighted by atomic mass is 10.2. The number of halogens is 4. The highest BCUT2D eigenvalue weighted by atomic mass is 35.5. The van der Waals surface area contributed by atoms with Gasteiger partial charge in [0.05, 0.1) is 0 Å². The summed E-state index contributed by atoms with van der Waals surface area (Å²) in [5, 5.41) is 0. The van der Waals surface area contributed by atoms with E-state index in [-0.39, 0.29) is 49.6 Å². The molecule has 0 fully saturated rings. The van der Waals surface area contributed by atoms with Crippen LogP contribution in [0.15, 0.2) is 122 Å². The van der Waals surface area contributed by atoms with Crippen molar-refractivity contribution in [2.45, 2.75) is 0 Å². The Balaban J connectivity index is 0.000000285. The Bertz CT molecular complexity index is 1310. The zero-order chi connectivity index (χ0) is 27.2. The highest BCUT2D eigenvalue weighted by molar-refractivity contribution is 5.86. The van der Waals surface area contributed by atoms with E-state index < -0.39 is 0 Å². The van der Waals surface area contributed by atoms with Crippen molar-refractivity contribution in [2.24, 2.45) is 0 Å². The van der Waals surface area contributed by atoms with Gasteiger partial charge in [-0.3, -0.25) is 39.1 Å². The maximum atomic E-state index is 4.84. The first-order chi connectivity index (χ1) is 19.9. The summed E-state index contributed by atoms with van der Waals surface area (Å²) in [7, 11) is 0. The van der Waals surface area contributed by atoms with Crippen molar-refractivity contribution in [1.82, 2.24) is 0 Å². The molecule has 4 aliphatic heterocycles. The second kappa shape index (κ2) is 20.3. The molecular weight excluding hydrogens is 654 g/mol. The van der Waals surface area contributed by atoms with E-state index in [1.165, 1.54) is 25.0 Å². The fraction of sp³-hybridized carbons (Fsp3) is 0. The molecule has 4 aromatic rings. The molecular formula is C32H28Cl4O8. The van der Waals surface area contributed by atoms with Gasteiger partial charge in [-0.1, -0.05) is 72.8 Å². The number of para-hydroxylation sites is 4. The van der Waals surface area contributed by atoms with Crippen molar-refractivity contribution in [3.05, 3.63) is 144 Å². The first kappa shape index (κ1) is 37.4. The molecule has 8 nitrogen and oxygen atoms in total. The van der Waals surface area contributed by atoms with Crippen LogP contribution in [0.4, 0.5) is 0 Å². The van der Waals surface area contributed by atoms with Gasteiger partial charge in [-0.05, 0) is 48.6 Å². The fourth-order valence-electron chi connectivity index (χ4n) is 3.50. The Labute approximate surface area is 279 Å². The molecule has 0 bridgehead atoms. The van der Waals surface area contributed by atoms with Crippen molar-refractivity contribution in [2.75, 3.05) is 0 Å². The standard InChI is InChI=1S/4C8H6O2.4ClH/c4*1-2-4-8-7(3-1)5-6-9-10-8;;;;/h4*1-6H;4*1H. The molecule has 44 heavy (non-hydrogen) atoms. The molecule has 12 heteroatoms. The van der Waals surface area contributed by atoms with Gasteiger partial charge in [-0.25, -0.2) is 0 Å². The molecule has 4 aliphatic rings. The summed E-state index contributed by atoms with van der Waals surface area (Å²) in [5.74, 6) is 3.07. The smallest absolute Gasteiger partial charge is 0.185 e. The number of fused-ring (bicyclic) bond motifs is 4. The van der Waals surface area contributed by atoms with Gasteiger partial charge < -0.3 is 0 Å². The molecule has 0 aliphatic carbocycles. The quantitative estimate of drug-likeness (QED) is 0.170. The molecule has 0 saturated heterocycles. The molecule has 0 radical (unpaired) electrons. The average Bonchev–Trinajstić information content (AvgIpc) is 3.06. The van der Waals surface area contributed by atoms with Gasteiger partial charge in [0, 0.05) is 22.3 Å². The maximum Gasteiger partial charge on any atom is 0.185 e. The summed E-state index contributed by atoms with van der Waals surface area (Å²) in [4.78, 5) is 37.8. The lowest BCUT2D eigenvalue weighted by molar-refractivity contribution is -0.151. The van der Waals surface area contributed by atoms with Gasteiger partial charge in [0.25, 0.3) is 0 Å². The SMILES string of the molecule is C1=Cc2ccccc2OO1.C1=Cc2ccccc2OO1.C1=Cc2ccccc2OO1.C1=Cc2ccccc2OO1.Cl.Cl.Cl.Cl. The first-order valence-corrected chi connectivity index (χ1v) is 12.2. The molecule has 0 unspecified atom stereocenters. The summed E-state index contributed by atoms with van der Waals surface area (Å²) in [6.45, 7) is 0. The van der Waals surface area contributed by atoms with E-state index in [2.05, 4.69) is 19.6 Å². The maximum absolute atomic E-state index is 4.84. The number of rotatable bonds is 0. The molecule has 0 amide bonds. The Morgan fingerprint density at radius 2 is 0.477 bits per heavy atom. The van der Waals surface area contributed by atoms with E-state index in [1.54, 1.807) is 0 Å². The van der Waals surface area contributed by atoms with E-state index in [0.717, 1.165) is 45.3 Å². The summed E-state index contributed by atoms with van der Waals surface area (Å²) in [5.41, 5.74) is 4.20. The topological polar surface area (TPSA) is 73.8 Å². The normalized spacial score (nSPS) is 12.0. The van der Waals surface area contributed by atoms with Crippen molar-refractivity contribution in [3.8, 4) is 23.0 Å². The van der Waals surface area contributed by atoms with Crippen LogP contribution in [0.5, 0.6) is 23.0 Å². The Morgan fingerprint density at radius 1 is 0.273 bits per heavy atom. The number of hydrogen-bond donors (Lipinski definition) is 0. The van der Waals surface area contributed by atoms with Crippen molar-refractivity contribution in [3.63, 3.8) is 0 Å². The van der Waals surface area contributed by atoms with Gasteiger partial charge in [-0.15, -0.1) is 49.6 Å². The molecule has 4 aromatic carbocycles. The number of hydrogen-bond acceptors (Lipinski definition) is 8. The molecule has 232 valence electrons. The lowest BCUT2D eigenvalue weighted by Gasteiger charge is -2.08. The second-order valence-corrected chi connectivity index (χ2v) is 8.08. The molecule has 0 saturated carbocycles. The van der Waals surface area contributed by atoms with Crippen molar-refractivity contribution >= 4 is 73.9 Å². The third-order valence-corrected chi connectivity index (χ3v) is 5.44. The van der Waals surface area contributed by atoms with Crippen LogP contribution in [-0.4, -0.2) is 0 Å². The van der Waals surface area contributed by atoms with Gasteiger partial charge in [0.15, 0.2) is 23.0 Å². The van der Waals surface area contributed by atoms with Crippen LogP contribution >= 0.6 is 49.6 Å². The minimum absolute atomic E-state index is 0. The van der Waals surface area contributed by atoms with Gasteiger partial charge in [-0.2, -0.15) is 0 Å². The summed E-state index contributed by atoms with van der Waals surface area (Å²) in [6.07, 6.45) is 13.5. The highest BCUT2D eigenvalue weighted by Gasteiger charge is 2.06.